The minimum Gasteiger partial charge on any atom is -0.307 e. The van der Waals surface area contributed by atoms with Gasteiger partial charge < -0.3 is 4.85 Å². The zero-order valence-electron chi connectivity index (χ0n) is 10.6. The molecule has 0 saturated heterocycles. The fourth-order valence-corrected chi connectivity index (χ4v) is 1.80. The molecule has 17 heavy (non-hydrogen) atoms. The number of hydrogen-bond donors (Lipinski definition) is 0. The lowest BCUT2D eigenvalue weighted by Gasteiger charge is -2.11. The highest BCUT2D eigenvalue weighted by Gasteiger charge is 2.23. The van der Waals surface area contributed by atoms with E-state index in [0.717, 1.165) is 12.0 Å². The van der Waals surface area contributed by atoms with E-state index in [1.54, 1.807) is 6.92 Å². The molecule has 3 unspecified atom stereocenters. The lowest BCUT2D eigenvalue weighted by Crippen LogP contribution is -2.04. The molecule has 0 radical (unpaired) electrons. The maximum atomic E-state index is 8.89. The Kier molecular flexibility index (Phi) is 4.73. The number of hydrogen-bond acceptors (Lipinski definition) is 1. The molecular formula is C15H18N2. The van der Waals surface area contributed by atoms with Gasteiger partial charge in [-0.3, -0.25) is 0 Å². The van der Waals surface area contributed by atoms with E-state index in [-0.39, 0.29) is 12.0 Å². The van der Waals surface area contributed by atoms with Crippen LogP contribution in [-0.4, -0.2) is 0 Å². The Bertz CT molecular complexity index is 433. The van der Waals surface area contributed by atoms with Gasteiger partial charge in [0.25, 0.3) is 6.04 Å². The molecule has 0 fully saturated rings. The SMILES string of the molecule is [C-]#[N+]C(c1ccc(C(C)CC)cc1)C(C)C#N. The van der Waals surface area contributed by atoms with Crippen molar-refractivity contribution in [3.8, 4) is 6.07 Å². The Hall–Kier alpha value is -1.80. The summed E-state index contributed by atoms with van der Waals surface area (Å²) in [6.45, 7) is 13.3. The predicted molar refractivity (Wildman–Crippen MR) is 69.3 cm³/mol. The van der Waals surface area contributed by atoms with Crippen LogP contribution in [0.1, 0.15) is 50.3 Å². The second-order valence-corrected chi connectivity index (χ2v) is 4.47. The van der Waals surface area contributed by atoms with Crippen LogP contribution >= 0.6 is 0 Å². The van der Waals surface area contributed by atoms with E-state index in [9.17, 15) is 0 Å². The van der Waals surface area contributed by atoms with E-state index >= 15 is 0 Å². The number of nitrogens with zero attached hydrogens (tertiary/aromatic N) is 2. The van der Waals surface area contributed by atoms with E-state index in [4.69, 9.17) is 11.8 Å². The summed E-state index contributed by atoms with van der Waals surface area (Å²) in [4.78, 5) is 3.55. The maximum absolute atomic E-state index is 8.89. The van der Waals surface area contributed by atoms with Crippen LogP contribution < -0.4 is 0 Å². The van der Waals surface area contributed by atoms with Crippen molar-refractivity contribution >= 4 is 0 Å². The van der Waals surface area contributed by atoms with Crippen LogP contribution in [0.5, 0.6) is 0 Å². The van der Waals surface area contributed by atoms with Crippen molar-refractivity contribution in [3.63, 3.8) is 0 Å². The van der Waals surface area contributed by atoms with Gasteiger partial charge in [-0.1, -0.05) is 38.1 Å². The average Bonchev–Trinajstić information content (AvgIpc) is 2.39. The summed E-state index contributed by atoms with van der Waals surface area (Å²) in [6, 6.07) is 9.93. The summed E-state index contributed by atoms with van der Waals surface area (Å²) in [5, 5.41) is 8.89. The van der Waals surface area contributed by atoms with E-state index in [1.807, 2.05) is 12.1 Å². The smallest absolute Gasteiger partial charge is 0.264 e. The molecular weight excluding hydrogens is 208 g/mol. The molecule has 0 aliphatic carbocycles. The second-order valence-electron chi connectivity index (χ2n) is 4.47. The largest absolute Gasteiger partial charge is 0.307 e. The van der Waals surface area contributed by atoms with Gasteiger partial charge in [0.15, 0.2) is 0 Å². The molecule has 3 atom stereocenters. The van der Waals surface area contributed by atoms with E-state index in [2.05, 4.69) is 36.9 Å². The molecule has 0 heterocycles. The van der Waals surface area contributed by atoms with Crippen LogP contribution in [0.25, 0.3) is 4.85 Å². The van der Waals surface area contributed by atoms with Crippen molar-refractivity contribution in [1.29, 1.82) is 5.26 Å². The summed E-state index contributed by atoms with van der Waals surface area (Å²) >= 11 is 0. The first-order valence-corrected chi connectivity index (χ1v) is 6.00. The highest BCUT2D eigenvalue weighted by molar-refractivity contribution is 5.29. The van der Waals surface area contributed by atoms with Crippen LogP contribution in [0, 0.1) is 23.8 Å². The van der Waals surface area contributed by atoms with Crippen LogP contribution in [0.4, 0.5) is 0 Å². The Morgan fingerprint density at radius 3 is 2.18 bits per heavy atom. The van der Waals surface area contributed by atoms with Crippen molar-refractivity contribution in [3.05, 3.63) is 46.8 Å². The molecule has 2 nitrogen and oxygen atoms in total. The Morgan fingerprint density at radius 2 is 1.76 bits per heavy atom. The normalized spacial score (nSPS) is 15.4. The first kappa shape index (κ1) is 13.3. The molecule has 0 N–H and O–H groups in total. The molecule has 88 valence electrons. The molecule has 0 spiro atoms. The summed E-state index contributed by atoms with van der Waals surface area (Å²) in [6.07, 6.45) is 1.11. The minimum absolute atomic E-state index is 0.262. The van der Waals surface area contributed by atoms with E-state index < -0.39 is 0 Å². The molecule has 2 heteroatoms. The first-order chi connectivity index (χ1) is 8.13. The van der Waals surface area contributed by atoms with Gasteiger partial charge in [0.05, 0.1) is 6.07 Å². The predicted octanol–water partition coefficient (Wildman–Crippen LogP) is 4.32. The molecule has 0 amide bonds. The van der Waals surface area contributed by atoms with Crippen molar-refractivity contribution in [1.82, 2.24) is 0 Å². The summed E-state index contributed by atoms with van der Waals surface area (Å²) < 4.78 is 0. The van der Waals surface area contributed by atoms with Gasteiger partial charge in [-0.25, -0.2) is 6.57 Å². The summed E-state index contributed by atoms with van der Waals surface area (Å²) in [5.41, 5.74) is 2.24. The van der Waals surface area contributed by atoms with E-state index in [1.165, 1.54) is 5.56 Å². The molecule has 1 aromatic rings. The van der Waals surface area contributed by atoms with Crippen molar-refractivity contribution in [2.24, 2.45) is 5.92 Å². The highest BCUT2D eigenvalue weighted by Crippen LogP contribution is 2.27. The van der Waals surface area contributed by atoms with Crippen LogP contribution in [0.15, 0.2) is 24.3 Å². The average molecular weight is 226 g/mol. The van der Waals surface area contributed by atoms with Crippen molar-refractivity contribution in [2.75, 3.05) is 0 Å². The van der Waals surface area contributed by atoms with Gasteiger partial charge in [-0.05, 0) is 24.8 Å². The Morgan fingerprint density at radius 1 is 1.24 bits per heavy atom. The van der Waals surface area contributed by atoms with Gasteiger partial charge in [-0.2, -0.15) is 5.26 Å². The van der Waals surface area contributed by atoms with Gasteiger partial charge in [-0.15, -0.1) is 0 Å². The van der Waals surface area contributed by atoms with Gasteiger partial charge in [0, 0.05) is 5.56 Å². The molecule has 0 aliphatic rings. The zero-order chi connectivity index (χ0) is 12.8. The van der Waals surface area contributed by atoms with Crippen LogP contribution in [-0.2, 0) is 0 Å². The first-order valence-electron chi connectivity index (χ1n) is 6.00. The Labute approximate surface area is 104 Å². The van der Waals surface area contributed by atoms with E-state index in [0.29, 0.717) is 5.92 Å². The fourth-order valence-electron chi connectivity index (χ4n) is 1.80. The number of nitriles is 1. The topological polar surface area (TPSA) is 28.1 Å². The van der Waals surface area contributed by atoms with Crippen molar-refractivity contribution < 1.29 is 0 Å². The maximum Gasteiger partial charge on any atom is 0.264 e. The summed E-state index contributed by atoms with van der Waals surface area (Å²) in [7, 11) is 0. The monoisotopic (exact) mass is 226 g/mol. The molecule has 0 bridgehead atoms. The van der Waals surface area contributed by atoms with Gasteiger partial charge in [0.1, 0.15) is 5.92 Å². The lowest BCUT2D eigenvalue weighted by atomic mass is 9.92. The Balaban J connectivity index is 2.95. The molecule has 0 saturated carbocycles. The minimum atomic E-state index is -0.342. The summed E-state index contributed by atoms with van der Waals surface area (Å²) in [5.74, 6) is 0.283. The third-order valence-electron chi connectivity index (χ3n) is 3.28. The number of benzene rings is 1. The second kappa shape index (κ2) is 6.06. The third kappa shape index (κ3) is 3.08. The quantitative estimate of drug-likeness (QED) is 0.703. The van der Waals surface area contributed by atoms with Gasteiger partial charge >= 0.3 is 0 Å². The molecule has 0 aliphatic heterocycles. The van der Waals surface area contributed by atoms with Gasteiger partial charge in [0.2, 0.25) is 0 Å². The van der Waals surface area contributed by atoms with Crippen LogP contribution in [0.3, 0.4) is 0 Å². The van der Waals surface area contributed by atoms with Crippen molar-refractivity contribution in [2.45, 2.75) is 39.2 Å². The third-order valence-corrected chi connectivity index (χ3v) is 3.28. The molecule has 1 rings (SSSR count). The number of rotatable bonds is 4. The zero-order valence-corrected chi connectivity index (χ0v) is 10.6. The lowest BCUT2D eigenvalue weighted by molar-refractivity contribution is 0.650. The standard InChI is InChI=1S/C15H18N2/c1-5-11(2)13-6-8-14(9-7-13)15(17-4)12(3)10-16/h6-9,11-12,15H,5H2,1-3H3. The fraction of sp³-hybridized carbons (Fsp3) is 0.467. The molecule has 1 aromatic carbocycles. The highest BCUT2D eigenvalue weighted by atomic mass is 14.7. The molecule has 0 aromatic heterocycles. The van der Waals surface area contributed by atoms with Crippen LogP contribution in [0.2, 0.25) is 0 Å².